The molecule has 0 atom stereocenters. The van der Waals surface area contributed by atoms with E-state index >= 15 is 0 Å². The first-order valence-corrected chi connectivity index (χ1v) is 5.17. The molecule has 0 unspecified atom stereocenters. The highest BCUT2D eigenvalue weighted by Gasteiger charge is 2.14. The van der Waals surface area contributed by atoms with Crippen molar-refractivity contribution in [1.82, 2.24) is 5.10 Å². The second-order valence-corrected chi connectivity index (χ2v) is 3.72. The van der Waals surface area contributed by atoms with Crippen LogP contribution in [0.5, 0.6) is 0 Å². The van der Waals surface area contributed by atoms with Crippen molar-refractivity contribution in [2.24, 2.45) is 0 Å². The molecule has 2 heterocycles. The number of aromatic nitrogens is 2. The minimum absolute atomic E-state index is 0.754. The van der Waals surface area contributed by atoms with E-state index in [9.17, 15) is 0 Å². The Morgan fingerprint density at radius 2 is 1.88 bits per heavy atom. The van der Waals surface area contributed by atoms with Crippen molar-refractivity contribution >= 4 is 5.71 Å². The van der Waals surface area contributed by atoms with E-state index in [-0.39, 0.29) is 0 Å². The molecule has 0 radical (unpaired) electrons. The van der Waals surface area contributed by atoms with Gasteiger partial charge in [0.05, 0.1) is 6.07 Å². The maximum absolute atomic E-state index is 5.71. The summed E-state index contributed by atoms with van der Waals surface area (Å²) >= 11 is 0. The topological polar surface area (TPSA) is 30.1 Å². The summed E-state index contributed by atoms with van der Waals surface area (Å²) in [6, 6.07) is 13.9. The highest BCUT2D eigenvalue weighted by Crippen LogP contribution is 2.18. The smallest absolute Gasteiger partial charge is 0.396 e. The van der Waals surface area contributed by atoms with Gasteiger partial charge in [0.15, 0.2) is 0 Å². The third kappa shape index (κ3) is 1.46. The molecule has 0 fully saturated rings. The average Bonchev–Trinajstić information content (AvgIpc) is 2.73. The lowest BCUT2D eigenvalue weighted by atomic mass is 10.2. The van der Waals surface area contributed by atoms with Gasteiger partial charge in [-0.05, 0) is 17.5 Å². The Hall–Kier alpha value is -2.16. The molecule has 3 aromatic rings. The molecule has 0 saturated carbocycles. The van der Waals surface area contributed by atoms with Gasteiger partial charge in [-0.1, -0.05) is 30.3 Å². The summed E-state index contributed by atoms with van der Waals surface area (Å²) in [6.07, 6.45) is 1.90. The van der Waals surface area contributed by atoms with Crippen molar-refractivity contribution in [1.29, 1.82) is 0 Å². The highest BCUT2D eigenvalue weighted by molar-refractivity contribution is 5.56. The molecule has 78 valence electrons. The molecule has 3 rings (SSSR count). The Balaban J connectivity index is 2.19. The van der Waals surface area contributed by atoms with Gasteiger partial charge < -0.3 is 4.42 Å². The van der Waals surface area contributed by atoms with Crippen LogP contribution in [0.4, 0.5) is 0 Å². The van der Waals surface area contributed by atoms with E-state index in [2.05, 4.69) is 5.10 Å². The fourth-order valence-corrected chi connectivity index (χ4v) is 1.68. The zero-order valence-corrected chi connectivity index (χ0v) is 8.92. The van der Waals surface area contributed by atoms with Gasteiger partial charge in [0, 0.05) is 10.7 Å². The Bertz CT molecular complexity index is 629. The molecular weight excluding hydrogens is 200 g/mol. The second kappa shape index (κ2) is 3.45. The number of hydrogen-bond acceptors (Lipinski definition) is 2. The van der Waals surface area contributed by atoms with Gasteiger partial charge in [-0.3, -0.25) is 0 Å². The quantitative estimate of drug-likeness (QED) is 0.578. The molecular formula is C13H11N2O+. The average molecular weight is 211 g/mol. The minimum Gasteiger partial charge on any atom is -0.396 e. The van der Waals surface area contributed by atoms with E-state index < -0.39 is 0 Å². The van der Waals surface area contributed by atoms with Gasteiger partial charge in [0.1, 0.15) is 5.69 Å². The van der Waals surface area contributed by atoms with Gasteiger partial charge in [-0.15, -0.1) is 0 Å². The van der Waals surface area contributed by atoms with Crippen molar-refractivity contribution in [3.8, 4) is 11.3 Å². The van der Waals surface area contributed by atoms with Crippen molar-refractivity contribution in [2.45, 2.75) is 6.92 Å². The summed E-state index contributed by atoms with van der Waals surface area (Å²) in [5.74, 6) is 0.832. The zero-order valence-electron chi connectivity index (χ0n) is 8.92. The fraction of sp³-hybridized carbons (Fsp3) is 0.0769. The number of aryl methyl sites for hydroxylation is 1. The maximum atomic E-state index is 5.71. The molecule has 3 nitrogen and oxygen atoms in total. The van der Waals surface area contributed by atoms with Crippen molar-refractivity contribution < 1.29 is 8.93 Å². The summed E-state index contributed by atoms with van der Waals surface area (Å²) < 4.78 is 7.47. The lowest BCUT2D eigenvalue weighted by Crippen LogP contribution is -2.23. The first-order valence-electron chi connectivity index (χ1n) is 5.17. The van der Waals surface area contributed by atoms with Crippen LogP contribution in [-0.4, -0.2) is 5.10 Å². The standard InChI is InChI=1S/C13H11N2O/c1-10-7-8-13-15(14-10)9-12(16-13)11-5-3-2-4-6-11/h2-9H,1H3/q+1. The molecule has 16 heavy (non-hydrogen) atoms. The van der Waals surface area contributed by atoms with E-state index in [4.69, 9.17) is 4.42 Å². The lowest BCUT2D eigenvalue weighted by molar-refractivity contribution is -0.582. The molecule has 1 aromatic carbocycles. The number of rotatable bonds is 1. The molecule has 0 aliphatic rings. The van der Waals surface area contributed by atoms with E-state index in [1.807, 2.05) is 55.6 Å². The summed E-state index contributed by atoms with van der Waals surface area (Å²) in [7, 11) is 0. The van der Waals surface area contributed by atoms with E-state index in [0.717, 1.165) is 22.7 Å². The zero-order chi connectivity index (χ0) is 11.0. The third-order valence-electron chi connectivity index (χ3n) is 2.47. The van der Waals surface area contributed by atoms with E-state index in [1.54, 1.807) is 4.52 Å². The van der Waals surface area contributed by atoms with Crippen molar-refractivity contribution in [3.05, 3.63) is 54.4 Å². The van der Waals surface area contributed by atoms with Gasteiger partial charge in [-0.25, -0.2) is 0 Å². The summed E-state index contributed by atoms with van der Waals surface area (Å²) in [5.41, 5.74) is 2.79. The van der Waals surface area contributed by atoms with Crippen LogP contribution in [0.3, 0.4) is 0 Å². The number of benzene rings is 1. The van der Waals surface area contributed by atoms with Gasteiger partial charge in [0.2, 0.25) is 12.0 Å². The Morgan fingerprint density at radius 1 is 1.06 bits per heavy atom. The Kier molecular flexibility index (Phi) is 1.96. The monoisotopic (exact) mass is 211 g/mol. The first kappa shape index (κ1) is 9.09. The minimum atomic E-state index is 0.754. The van der Waals surface area contributed by atoms with Crippen LogP contribution in [0.15, 0.2) is 53.1 Å². The molecule has 0 saturated heterocycles. The van der Waals surface area contributed by atoms with Crippen LogP contribution in [0.1, 0.15) is 5.69 Å². The number of hydrogen-bond donors (Lipinski definition) is 0. The maximum Gasteiger partial charge on any atom is 0.404 e. The Morgan fingerprint density at radius 3 is 2.69 bits per heavy atom. The third-order valence-corrected chi connectivity index (χ3v) is 2.47. The van der Waals surface area contributed by atoms with Crippen LogP contribution in [-0.2, 0) is 0 Å². The van der Waals surface area contributed by atoms with Gasteiger partial charge in [-0.2, -0.15) is 0 Å². The molecule has 0 bridgehead atoms. The van der Waals surface area contributed by atoms with Crippen molar-refractivity contribution in [3.63, 3.8) is 0 Å². The highest BCUT2D eigenvalue weighted by atomic mass is 16.4. The predicted molar refractivity (Wildman–Crippen MR) is 59.8 cm³/mol. The second-order valence-electron chi connectivity index (χ2n) is 3.72. The molecule has 2 aromatic heterocycles. The number of fused-ring (bicyclic) bond motifs is 1. The Labute approximate surface area is 93.0 Å². The van der Waals surface area contributed by atoms with E-state index in [1.165, 1.54) is 0 Å². The number of nitrogens with zero attached hydrogens (tertiary/aromatic N) is 2. The fourth-order valence-electron chi connectivity index (χ4n) is 1.68. The number of oxazole rings is 1. The van der Waals surface area contributed by atoms with Crippen LogP contribution >= 0.6 is 0 Å². The van der Waals surface area contributed by atoms with Gasteiger partial charge in [0.25, 0.3) is 0 Å². The normalized spacial score (nSPS) is 10.8. The van der Waals surface area contributed by atoms with Gasteiger partial charge >= 0.3 is 5.71 Å². The summed E-state index contributed by atoms with van der Waals surface area (Å²) in [5, 5.41) is 4.34. The molecule has 0 N–H and O–H groups in total. The summed E-state index contributed by atoms with van der Waals surface area (Å²) in [4.78, 5) is 0. The van der Waals surface area contributed by atoms with Crippen molar-refractivity contribution in [2.75, 3.05) is 0 Å². The first-order chi connectivity index (χ1) is 7.83. The molecule has 0 aliphatic carbocycles. The lowest BCUT2D eigenvalue weighted by Gasteiger charge is -1.89. The van der Waals surface area contributed by atoms with E-state index in [0.29, 0.717) is 0 Å². The van der Waals surface area contributed by atoms with Crippen LogP contribution in [0.2, 0.25) is 0 Å². The predicted octanol–water partition coefficient (Wildman–Crippen LogP) is 2.39. The van der Waals surface area contributed by atoms with Crippen LogP contribution in [0, 0.1) is 6.92 Å². The van der Waals surface area contributed by atoms with Crippen LogP contribution in [0.25, 0.3) is 17.0 Å². The molecule has 0 amide bonds. The van der Waals surface area contributed by atoms with Crippen LogP contribution < -0.4 is 4.52 Å². The SMILES string of the molecule is Cc1ccc2oc(-c3ccccc3)c[n+]2n1. The molecule has 0 spiro atoms. The molecule has 0 aliphatic heterocycles. The molecule has 3 heteroatoms. The summed E-state index contributed by atoms with van der Waals surface area (Å²) in [6.45, 7) is 1.96. The largest absolute Gasteiger partial charge is 0.404 e.